The van der Waals surface area contributed by atoms with E-state index in [4.69, 9.17) is 11.6 Å². The SMILES string of the molecule is CC(C)(C)C(=O)NCc1ccc(NC(=O)N(C[C@@H](O)c2ccc(Cl)cc2)C2CCC2)cc1. The Labute approximate surface area is 195 Å². The fourth-order valence-corrected chi connectivity index (χ4v) is 3.55. The summed E-state index contributed by atoms with van der Waals surface area (Å²) < 4.78 is 0. The number of nitrogens with zero attached hydrogens (tertiary/aromatic N) is 1. The number of benzene rings is 2. The highest BCUT2D eigenvalue weighted by molar-refractivity contribution is 6.30. The van der Waals surface area contributed by atoms with Crippen LogP contribution in [0.25, 0.3) is 0 Å². The van der Waals surface area contributed by atoms with E-state index in [1.807, 2.05) is 45.0 Å². The lowest BCUT2D eigenvalue weighted by atomic mass is 9.91. The predicted octanol–water partition coefficient (Wildman–Crippen LogP) is 5.12. The van der Waals surface area contributed by atoms with Gasteiger partial charge in [0, 0.05) is 28.7 Å². The van der Waals surface area contributed by atoms with Crippen molar-refractivity contribution in [2.24, 2.45) is 5.41 Å². The van der Waals surface area contributed by atoms with Crippen molar-refractivity contribution in [3.8, 4) is 0 Å². The normalized spacial score (nSPS) is 14.9. The summed E-state index contributed by atoms with van der Waals surface area (Å²) in [5.41, 5.74) is 1.92. The Balaban J connectivity index is 1.60. The van der Waals surface area contributed by atoms with Crippen LogP contribution in [0.4, 0.5) is 10.5 Å². The number of nitrogens with one attached hydrogen (secondary N) is 2. The first kappa shape index (κ1) is 24.1. The second-order valence-electron chi connectivity index (χ2n) is 9.36. The van der Waals surface area contributed by atoms with Crippen molar-refractivity contribution in [1.29, 1.82) is 0 Å². The largest absolute Gasteiger partial charge is 0.387 e. The molecule has 0 spiro atoms. The second kappa shape index (κ2) is 10.4. The molecule has 2 aromatic carbocycles. The third-order valence-electron chi connectivity index (χ3n) is 5.74. The summed E-state index contributed by atoms with van der Waals surface area (Å²) in [6.45, 7) is 6.27. The topological polar surface area (TPSA) is 81.7 Å². The summed E-state index contributed by atoms with van der Waals surface area (Å²) in [5, 5.41) is 17.1. The number of amides is 3. The highest BCUT2D eigenvalue weighted by Crippen LogP contribution is 2.28. The highest BCUT2D eigenvalue weighted by Gasteiger charge is 2.30. The quantitative estimate of drug-likeness (QED) is 0.539. The fourth-order valence-electron chi connectivity index (χ4n) is 3.42. The Kier molecular flexibility index (Phi) is 7.80. The molecule has 1 fully saturated rings. The molecule has 1 atom stereocenters. The van der Waals surface area contributed by atoms with Crippen molar-refractivity contribution < 1.29 is 14.7 Å². The van der Waals surface area contributed by atoms with E-state index >= 15 is 0 Å². The lowest BCUT2D eigenvalue weighted by Gasteiger charge is -2.38. The van der Waals surface area contributed by atoms with Gasteiger partial charge in [0.25, 0.3) is 0 Å². The number of urea groups is 1. The van der Waals surface area contributed by atoms with Crippen molar-refractivity contribution in [2.45, 2.75) is 58.7 Å². The smallest absolute Gasteiger partial charge is 0.322 e. The molecule has 1 aliphatic rings. The Morgan fingerprint density at radius 1 is 1.09 bits per heavy atom. The van der Waals surface area contributed by atoms with Gasteiger partial charge in [0.05, 0.1) is 12.6 Å². The lowest BCUT2D eigenvalue weighted by molar-refractivity contribution is -0.128. The van der Waals surface area contributed by atoms with E-state index in [0.717, 1.165) is 30.4 Å². The molecule has 0 heterocycles. The number of aliphatic hydroxyl groups is 1. The molecule has 0 radical (unpaired) electrons. The number of hydrogen-bond acceptors (Lipinski definition) is 3. The number of halogens is 1. The average molecular weight is 458 g/mol. The number of rotatable bonds is 7. The van der Waals surface area contributed by atoms with Crippen molar-refractivity contribution in [3.05, 3.63) is 64.7 Å². The van der Waals surface area contributed by atoms with Gasteiger partial charge in [-0.15, -0.1) is 0 Å². The van der Waals surface area contributed by atoms with Crippen LogP contribution >= 0.6 is 11.6 Å². The Bertz CT molecular complexity index is 919. The summed E-state index contributed by atoms with van der Waals surface area (Å²) in [5.74, 6) is -0.00901. The third kappa shape index (κ3) is 6.47. The molecule has 0 aliphatic heterocycles. The summed E-state index contributed by atoms with van der Waals surface area (Å²) >= 11 is 5.93. The zero-order valence-corrected chi connectivity index (χ0v) is 19.7. The van der Waals surface area contributed by atoms with Crippen molar-refractivity contribution in [3.63, 3.8) is 0 Å². The van der Waals surface area contributed by atoms with Crippen LogP contribution in [0.2, 0.25) is 5.02 Å². The maximum Gasteiger partial charge on any atom is 0.322 e. The number of carbonyl (C=O) groups is 2. The molecule has 1 aliphatic carbocycles. The Hall–Kier alpha value is -2.57. The van der Waals surface area contributed by atoms with E-state index in [1.165, 1.54) is 0 Å². The molecule has 7 heteroatoms. The third-order valence-corrected chi connectivity index (χ3v) is 5.99. The minimum Gasteiger partial charge on any atom is -0.387 e. The summed E-state index contributed by atoms with van der Waals surface area (Å²) in [4.78, 5) is 26.8. The summed E-state index contributed by atoms with van der Waals surface area (Å²) in [6, 6.07) is 14.3. The van der Waals surface area contributed by atoms with E-state index in [0.29, 0.717) is 17.3 Å². The molecule has 0 saturated heterocycles. The highest BCUT2D eigenvalue weighted by atomic mass is 35.5. The lowest BCUT2D eigenvalue weighted by Crippen LogP contribution is -2.48. The Morgan fingerprint density at radius 3 is 2.25 bits per heavy atom. The van der Waals surface area contributed by atoms with Gasteiger partial charge >= 0.3 is 6.03 Å². The van der Waals surface area contributed by atoms with Crippen molar-refractivity contribution in [2.75, 3.05) is 11.9 Å². The maximum absolute atomic E-state index is 13.0. The van der Waals surface area contributed by atoms with Gasteiger partial charge in [-0.1, -0.05) is 56.6 Å². The first-order valence-corrected chi connectivity index (χ1v) is 11.4. The van der Waals surface area contributed by atoms with Crippen LogP contribution < -0.4 is 10.6 Å². The Morgan fingerprint density at radius 2 is 1.72 bits per heavy atom. The van der Waals surface area contributed by atoms with Gasteiger partial charge in [0.2, 0.25) is 5.91 Å². The summed E-state index contributed by atoms with van der Waals surface area (Å²) in [7, 11) is 0. The summed E-state index contributed by atoms with van der Waals surface area (Å²) in [6.07, 6.45) is 2.17. The number of hydrogen-bond donors (Lipinski definition) is 3. The van der Waals surface area contributed by atoms with Crippen LogP contribution in [0.3, 0.4) is 0 Å². The van der Waals surface area contributed by atoms with Crippen LogP contribution in [0.1, 0.15) is 57.3 Å². The molecule has 0 aromatic heterocycles. The molecule has 172 valence electrons. The van der Waals surface area contributed by atoms with Gasteiger partial charge in [0.1, 0.15) is 0 Å². The number of carbonyl (C=O) groups excluding carboxylic acids is 2. The molecule has 2 aromatic rings. The molecule has 1 saturated carbocycles. The first-order chi connectivity index (χ1) is 15.1. The fraction of sp³-hybridized carbons (Fsp3) is 0.440. The molecule has 3 N–H and O–H groups in total. The maximum atomic E-state index is 13.0. The minimum absolute atomic E-state index is 0.00901. The number of aliphatic hydroxyl groups excluding tert-OH is 1. The standard InChI is InChI=1S/C25H32ClN3O3/c1-25(2,3)23(31)27-15-17-7-13-20(14-8-17)28-24(32)29(21-5-4-6-21)16-22(30)18-9-11-19(26)12-10-18/h7-14,21-22,30H,4-6,15-16H2,1-3H3,(H,27,31)(H,28,32)/t22-/m1/s1. The monoisotopic (exact) mass is 457 g/mol. The van der Waals surface area contributed by atoms with Gasteiger partial charge in [-0.25, -0.2) is 4.79 Å². The molecule has 32 heavy (non-hydrogen) atoms. The van der Waals surface area contributed by atoms with E-state index in [9.17, 15) is 14.7 Å². The predicted molar refractivity (Wildman–Crippen MR) is 128 cm³/mol. The minimum atomic E-state index is -0.785. The van der Waals surface area contributed by atoms with Crippen LogP contribution in [0, 0.1) is 5.41 Å². The van der Waals surface area contributed by atoms with Gasteiger partial charge in [-0.2, -0.15) is 0 Å². The molecular formula is C25H32ClN3O3. The molecule has 0 unspecified atom stereocenters. The average Bonchev–Trinajstić information content (AvgIpc) is 2.71. The molecular weight excluding hydrogens is 426 g/mol. The molecule has 3 rings (SSSR count). The van der Waals surface area contributed by atoms with Crippen molar-refractivity contribution in [1.82, 2.24) is 10.2 Å². The van der Waals surface area contributed by atoms with Crippen molar-refractivity contribution >= 4 is 29.2 Å². The molecule has 6 nitrogen and oxygen atoms in total. The van der Waals surface area contributed by atoms with Crippen LogP contribution in [-0.2, 0) is 11.3 Å². The van der Waals surface area contributed by atoms with E-state index in [1.54, 1.807) is 29.2 Å². The zero-order chi connectivity index (χ0) is 23.3. The van der Waals surface area contributed by atoms with E-state index in [-0.39, 0.29) is 24.5 Å². The van der Waals surface area contributed by atoms with Crippen LogP contribution in [-0.4, -0.2) is 34.5 Å². The first-order valence-electron chi connectivity index (χ1n) is 11.0. The van der Waals surface area contributed by atoms with E-state index in [2.05, 4.69) is 10.6 Å². The van der Waals surface area contributed by atoms with Gasteiger partial charge < -0.3 is 20.6 Å². The zero-order valence-electron chi connectivity index (χ0n) is 18.9. The number of anilines is 1. The molecule has 0 bridgehead atoms. The molecule has 3 amide bonds. The van der Waals surface area contributed by atoms with Gasteiger partial charge in [-0.3, -0.25) is 4.79 Å². The van der Waals surface area contributed by atoms with Crippen LogP contribution in [0.5, 0.6) is 0 Å². The van der Waals surface area contributed by atoms with Crippen LogP contribution in [0.15, 0.2) is 48.5 Å². The van der Waals surface area contributed by atoms with Gasteiger partial charge in [-0.05, 0) is 54.7 Å². The van der Waals surface area contributed by atoms with E-state index < -0.39 is 11.5 Å². The second-order valence-corrected chi connectivity index (χ2v) is 9.80. The van der Waals surface area contributed by atoms with Gasteiger partial charge in [0.15, 0.2) is 0 Å².